The summed E-state index contributed by atoms with van der Waals surface area (Å²) in [7, 11) is 0. The monoisotopic (exact) mass is 452 g/mol. The first kappa shape index (κ1) is 26.1. The predicted octanol–water partition coefficient (Wildman–Crippen LogP) is 1.09. The Labute approximate surface area is 191 Å². The topological polar surface area (TPSA) is 131 Å². The molecule has 3 amide bonds. The van der Waals surface area contributed by atoms with Crippen molar-refractivity contribution in [3.05, 3.63) is 0 Å². The first-order chi connectivity index (χ1) is 14.9. The van der Waals surface area contributed by atoms with Crippen molar-refractivity contribution in [2.45, 2.75) is 96.8 Å². The Bertz CT molecular complexity index is 736. The fraction of sp³-hybridized carbons (Fsp3) is 0.826. The third-order valence-corrected chi connectivity index (χ3v) is 6.70. The molecule has 0 saturated carbocycles. The van der Waals surface area contributed by atoms with Crippen LogP contribution in [0.4, 0.5) is 0 Å². The van der Waals surface area contributed by atoms with Crippen molar-refractivity contribution < 1.29 is 23.9 Å². The van der Waals surface area contributed by atoms with E-state index in [9.17, 15) is 19.2 Å². The molecule has 9 nitrogen and oxygen atoms in total. The molecule has 0 aromatic heterocycles. The highest BCUT2D eigenvalue weighted by Gasteiger charge is 2.55. The number of esters is 1. The van der Waals surface area contributed by atoms with Gasteiger partial charge in [0.1, 0.15) is 17.6 Å². The highest BCUT2D eigenvalue weighted by Crippen LogP contribution is 2.38. The van der Waals surface area contributed by atoms with Gasteiger partial charge in [0.15, 0.2) is 0 Å². The fourth-order valence-corrected chi connectivity index (χ4v) is 4.66. The molecular weight excluding hydrogens is 412 g/mol. The van der Waals surface area contributed by atoms with Crippen molar-refractivity contribution >= 4 is 23.7 Å². The molecule has 0 bridgehead atoms. The third-order valence-electron chi connectivity index (χ3n) is 6.70. The van der Waals surface area contributed by atoms with Gasteiger partial charge in [-0.3, -0.25) is 14.4 Å². The molecule has 0 aromatic carbocycles. The molecule has 2 aliphatic rings. The molecule has 2 heterocycles. The van der Waals surface area contributed by atoms with Gasteiger partial charge in [0.05, 0.1) is 12.1 Å². The number of fused-ring (bicyclic) bond motifs is 1. The van der Waals surface area contributed by atoms with Gasteiger partial charge in [-0.25, -0.2) is 4.79 Å². The largest absolute Gasteiger partial charge is 0.464 e. The molecule has 2 fully saturated rings. The average molecular weight is 453 g/mol. The maximum absolute atomic E-state index is 13.0. The lowest BCUT2D eigenvalue weighted by Gasteiger charge is -2.45. The van der Waals surface area contributed by atoms with E-state index in [2.05, 4.69) is 10.6 Å². The summed E-state index contributed by atoms with van der Waals surface area (Å²) < 4.78 is 5.06. The average Bonchev–Trinajstić information content (AvgIpc) is 3.14. The van der Waals surface area contributed by atoms with Crippen LogP contribution in [0.5, 0.6) is 0 Å². The zero-order valence-corrected chi connectivity index (χ0v) is 20.3. The Morgan fingerprint density at radius 2 is 1.97 bits per heavy atom. The minimum atomic E-state index is -1.23. The zero-order chi connectivity index (χ0) is 24.3. The molecule has 0 unspecified atom stereocenters. The Morgan fingerprint density at radius 3 is 2.53 bits per heavy atom. The summed E-state index contributed by atoms with van der Waals surface area (Å²) in [6.45, 7) is 11.6. The van der Waals surface area contributed by atoms with Gasteiger partial charge in [-0.2, -0.15) is 0 Å². The molecule has 32 heavy (non-hydrogen) atoms. The number of carbonyl (C=O) groups excluding carboxylic acids is 4. The number of nitrogens with two attached hydrogens (primary N) is 1. The standard InChI is InChI=1S/C23H40N4O5/c1-7-32-19(29)17(15(4)5)26-20(30)22(6,24)10-8-11-23-12-9-13-27(23)18(28)16(14(2)3)25-21(23)31/h14-17H,7-13,24H2,1-6H3,(H,25,31)(H,26,30)/t16-,17-,22-,23+/m0/s1. The van der Waals surface area contributed by atoms with Gasteiger partial charge in [0, 0.05) is 6.54 Å². The van der Waals surface area contributed by atoms with Crippen LogP contribution in [-0.4, -0.2) is 64.9 Å². The minimum Gasteiger partial charge on any atom is -0.464 e. The van der Waals surface area contributed by atoms with E-state index in [1.807, 2.05) is 27.7 Å². The second kappa shape index (κ2) is 10.2. The highest BCUT2D eigenvalue weighted by atomic mass is 16.5. The lowest BCUT2D eigenvalue weighted by molar-refractivity contribution is -0.156. The molecule has 2 saturated heterocycles. The van der Waals surface area contributed by atoms with Crippen molar-refractivity contribution in [3.63, 3.8) is 0 Å². The van der Waals surface area contributed by atoms with Crippen LogP contribution in [0, 0.1) is 11.8 Å². The van der Waals surface area contributed by atoms with Crippen molar-refractivity contribution in [2.75, 3.05) is 13.2 Å². The number of hydrogen-bond acceptors (Lipinski definition) is 6. The van der Waals surface area contributed by atoms with Crippen LogP contribution in [-0.2, 0) is 23.9 Å². The summed E-state index contributed by atoms with van der Waals surface area (Å²) in [6.07, 6.45) is 2.65. The number of amides is 3. The quantitative estimate of drug-likeness (QED) is 0.425. The molecule has 0 radical (unpaired) electrons. The van der Waals surface area contributed by atoms with E-state index in [0.29, 0.717) is 32.2 Å². The minimum absolute atomic E-state index is 0.0226. The molecular formula is C23H40N4O5. The maximum Gasteiger partial charge on any atom is 0.328 e. The van der Waals surface area contributed by atoms with Crippen LogP contribution in [0.25, 0.3) is 0 Å². The maximum atomic E-state index is 13.0. The Morgan fingerprint density at radius 1 is 1.31 bits per heavy atom. The van der Waals surface area contributed by atoms with Gasteiger partial charge in [-0.1, -0.05) is 27.7 Å². The molecule has 2 aliphatic heterocycles. The molecule has 0 aliphatic carbocycles. The summed E-state index contributed by atoms with van der Waals surface area (Å²) in [5.74, 6) is -1.18. The number of nitrogens with zero attached hydrogens (tertiary/aromatic N) is 1. The summed E-state index contributed by atoms with van der Waals surface area (Å²) in [4.78, 5) is 52.7. The van der Waals surface area contributed by atoms with E-state index in [0.717, 1.165) is 6.42 Å². The van der Waals surface area contributed by atoms with Gasteiger partial charge >= 0.3 is 5.97 Å². The first-order valence-electron chi connectivity index (χ1n) is 11.8. The Balaban J connectivity index is 2.03. The lowest BCUT2D eigenvalue weighted by Crippen LogP contribution is -2.69. The van der Waals surface area contributed by atoms with Crippen molar-refractivity contribution in [1.82, 2.24) is 15.5 Å². The summed E-state index contributed by atoms with van der Waals surface area (Å²) in [6, 6.07) is -1.26. The number of ether oxygens (including phenoxy) is 1. The normalized spacial score (nSPS) is 25.9. The Kier molecular flexibility index (Phi) is 8.31. The van der Waals surface area contributed by atoms with Crippen LogP contribution in [0.2, 0.25) is 0 Å². The molecule has 4 atom stereocenters. The fourth-order valence-electron chi connectivity index (χ4n) is 4.66. The Hall–Kier alpha value is -2.16. The second-order valence-electron chi connectivity index (χ2n) is 10.0. The molecule has 2 rings (SSSR count). The van der Waals surface area contributed by atoms with E-state index in [-0.39, 0.29) is 30.3 Å². The van der Waals surface area contributed by atoms with Gasteiger partial charge in [0.25, 0.3) is 0 Å². The van der Waals surface area contributed by atoms with Gasteiger partial charge in [0.2, 0.25) is 17.7 Å². The van der Waals surface area contributed by atoms with Gasteiger partial charge < -0.3 is 26.0 Å². The van der Waals surface area contributed by atoms with Gasteiger partial charge in [-0.15, -0.1) is 0 Å². The number of nitrogens with one attached hydrogen (secondary N) is 2. The van der Waals surface area contributed by atoms with E-state index in [1.54, 1.807) is 18.7 Å². The lowest BCUT2D eigenvalue weighted by atomic mass is 9.82. The molecule has 0 aromatic rings. The number of hydrogen-bond donors (Lipinski definition) is 3. The van der Waals surface area contributed by atoms with Crippen LogP contribution in [0.15, 0.2) is 0 Å². The summed E-state index contributed by atoms with van der Waals surface area (Å²) in [5, 5.41) is 5.65. The van der Waals surface area contributed by atoms with Crippen LogP contribution < -0.4 is 16.4 Å². The first-order valence-corrected chi connectivity index (χ1v) is 11.8. The van der Waals surface area contributed by atoms with Crippen molar-refractivity contribution in [1.29, 1.82) is 0 Å². The third kappa shape index (κ3) is 5.24. The van der Waals surface area contributed by atoms with E-state index >= 15 is 0 Å². The smallest absolute Gasteiger partial charge is 0.328 e. The number of piperazine rings is 1. The van der Waals surface area contributed by atoms with Crippen molar-refractivity contribution in [3.8, 4) is 0 Å². The van der Waals surface area contributed by atoms with Crippen LogP contribution in [0.3, 0.4) is 0 Å². The second-order valence-corrected chi connectivity index (χ2v) is 10.0. The zero-order valence-electron chi connectivity index (χ0n) is 20.3. The van der Waals surface area contributed by atoms with Gasteiger partial charge in [-0.05, 0) is 57.8 Å². The predicted molar refractivity (Wildman–Crippen MR) is 120 cm³/mol. The molecule has 9 heteroatoms. The highest BCUT2D eigenvalue weighted by molar-refractivity contribution is 6.00. The SMILES string of the molecule is CCOC(=O)[C@@H](NC(=O)[C@@](C)(N)CCC[C@]12CCCN1C(=O)[C@H](C(C)C)NC2=O)C(C)C. The summed E-state index contributed by atoms with van der Waals surface area (Å²) in [5.41, 5.74) is 4.22. The van der Waals surface area contributed by atoms with Crippen molar-refractivity contribution in [2.24, 2.45) is 17.6 Å². The van der Waals surface area contributed by atoms with Crippen LogP contribution in [0.1, 0.15) is 73.6 Å². The number of rotatable bonds is 10. The number of carbonyl (C=O) groups is 4. The molecule has 0 spiro atoms. The van der Waals surface area contributed by atoms with E-state index in [4.69, 9.17) is 10.5 Å². The molecule has 182 valence electrons. The van der Waals surface area contributed by atoms with E-state index in [1.165, 1.54) is 0 Å². The van der Waals surface area contributed by atoms with E-state index < -0.39 is 35.0 Å². The molecule has 4 N–H and O–H groups in total. The summed E-state index contributed by atoms with van der Waals surface area (Å²) >= 11 is 0. The van der Waals surface area contributed by atoms with Crippen LogP contribution >= 0.6 is 0 Å².